The van der Waals surface area contributed by atoms with Crippen LogP contribution in [-0.4, -0.2) is 31.6 Å². The molecule has 2 rings (SSSR count). The van der Waals surface area contributed by atoms with E-state index in [1.54, 1.807) is 6.07 Å². The lowest BCUT2D eigenvalue weighted by Crippen LogP contribution is -2.40. The molecular weight excluding hydrogens is 245 g/mol. The first-order valence-electron chi connectivity index (χ1n) is 6.79. The van der Waals surface area contributed by atoms with Gasteiger partial charge in [-0.1, -0.05) is 6.07 Å². The molecule has 0 saturated carbocycles. The molecule has 104 valence electrons. The molecule has 1 atom stereocenters. The Balaban J connectivity index is 2.26. The molecule has 1 aliphatic heterocycles. The predicted octanol–water partition coefficient (Wildman–Crippen LogP) is 3.03. The summed E-state index contributed by atoms with van der Waals surface area (Å²) in [5, 5.41) is 0. The van der Waals surface area contributed by atoms with Gasteiger partial charge in [0.25, 0.3) is 0 Å². The summed E-state index contributed by atoms with van der Waals surface area (Å²) in [6.07, 6.45) is 2.19. The minimum absolute atomic E-state index is 0.168. The van der Waals surface area contributed by atoms with Gasteiger partial charge in [0.05, 0.1) is 17.4 Å². The van der Waals surface area contributed by atoms with E-state index in [0.29, 0.717) is 12.3 Å². The van der Waals surface area contributed by atoms with Crippen molar-refractivity contribution in [3.05, 3.63) is 29.6 Å². The molecule has 0 aromatic heterocycles. The lowest BCUT2D eigenvalue weighted by Gasteiger charge is -2.35. The van der Waals surface area contributed by atoms with Crippen molar-refractivity contribution >= 4 is 11.5 Å². The fourth-order valence-electron chi connectivity index (χ4n) is 2.65. The van der Waals surface area contributed by atoms with Gasteiger partial charge >= 0.3 is 0 Å². The highest BCUT2D eigenvalue weighted by atomic mass is 19.1. The molecule has 0 amide bonds. The van der Waals surface area contributed by atoms with Crippen molar-refractivity contribution in [2.24, 2.45) is 0 Å². The van der Waals surface area contributed by atoms with Crippen molar-refractivity contribution < 1.29 is 13.9 Å². The van der Waals surface area contributed by atoms with Crippen LogP contribution >= 0.6 is 0 Å². The Bertz CT molecular complexity index is 459. The molecule has 1 aromatic carbocycles. The molecule has 3 nitrogen and oxygen atoms in total. The fraction of sp³-hybridized carbons (Fsp3) is 0.533. The minimum Gasteiger partial charge on any atom is -0.377 e. The summed E-state index contributed by atoms with van der Waals surface area (Å²) in [5.41, 5.74) is 0.886. The van der Waals surface area contributed by atoms with E-state index < -0.39 is 5.82 Å². The largest absolute Gasteiger partial charge is 0.377 e. The molecule has 4 heteroatoms. The second-order valence-electron chi connectivity index (χ2n) is 4.86. The van der Waals surface area contributed by atoms with Crippen LogP contribution in [0.3, 0.4) is 0 Å². The number of ketones is 1. The molecule has 0 bridgehead atoms. The van der Waals surface area contributed by atoms with Crippen molar-refractivity contribution in [2.45, 2.75) is 32.8 Å². The molecule has 0 spiro atoms. The zero-order valence-corrected chi connectivity index (χ0v) is 11.5. The smallest absolute Gasteiger partial charge is 0.164 e. The van der Waals surface area contributed by atoms with E-state index in [-0.39, 0.29) is 17.5 Å². The van der Waals surface area contributed by atoms with Crippen LogP contribution in [0.15, 0.2) is 18.2 Å². The molecule has 1 aromatic rings. The number of benzene rings is 1. The number of Topliss-reactive ketones (excluding diaryl/α,β-unsaturated/α-hetero) is 1. The number of anilines is 1. The van der Waals surface area contributed by atoms with E-state index in [4.69, 9.17) is 4.74 Å². The second-order valence-corrected chi connectivity index (χ2v) is 4.86. The fourth-order valence-corrected chi connectivity index (χ4v) is 2.65. The SMILES string of the molecule is CCOC1CCCN(c2cccc(F)c2C(C)=O)C1. The van der Waals surface area contributed by atoms with Crippen LogP contribution in [0.1, 0.15) is 37.0 Å². The van der Waals surface area contributed by atoms with Gasteiger partial charge in [0, 0.05) is 19.7 Å². The van der Waals surface area contributed by atoms with E-state index in [0.717, 1.165) is 25.9 Å². The van der Waals surface area contributed by atoms with Gasteiger partial charge in [-0.05, 0) is 38.8 Å². The number of rotatable bonds is 4. The maximum atomic E-state index is 13.8. The van der Waals surface area contributed by atoms with Gasteiger partial charge in [-0.25, -0.2) is 4.39 Å². The van der Waals surface area contributed by atoms with Gasteiger partial charge < -0.3 is 9.64 Å². The highest BCUT2D eigenvalue weighted by Gasteiger charge is 2.24. The van der Waals surface area contributed by atoms with Crippen molar-refractivity contribution in [2.75, 3.05) is 24.6 Å². The Hall–Kier alpha value is -1.42. The van der Waals surface area contributed by atoms with Gasteiger partial charge in [0.1, 0.15) is 5.82 Å². The quantitative estimate of drug-likeness (QED) is 0.784. The van der Waals surface area contributed by atoms with E-state index in [1.165, 1.54) is 13.0 Å². The van der Waals surface area contributed by atoms with Crippen molar-refractivity contribution in [1.82, 2.24) is 0 Å². The number of nitrogens with zero attached hydrogens (tertiary/aromatic N) is 1. The molecule has 1 unspecified atom stereocenters. The average Bonchev–Trinajstić information content (AvgIpc) is 2.38. The Labute approximate surface area is 113 Å². The third-order valence-electron chi connectivity index (χ3n) is 3.46. The molecule has 19 heavy (non-hydrogen) atoms. The third-order valence-corrected chi connectivity index (χ3v) is 3.46. The second kappa shape index (κ2) is 6.15. The van der Waals surface area contributed by atoms with E-state index in [1.807, 2.05) is 13.0 Å². The number of carbonyl (C=O) groups excluding carboxylic acids is 1. The number of hydrogen-bond acceptors (Lipinski definition) is 3. The van der Waals surface area contributed by atoms with Gasteiger partial charge in [-0.3, -0.25) is 4.79 Å². The summed E-state index contributed by atoms with van der Waals surface area (Å²) in [7, 11) is 0. The summed E-state index contributed by atoms with van der Waals surface area (Å²) in [6, 6.07) is 4.81. The third kappa shape index (κ3) is 3.13. The van der Waals surface area contributed by atoms with Crippen LogP contribution in [0.4, 0.5) is 10.1 Å². The van der Waals surface area contributed by atoms with Crippen molar-refractivity contribution in [3.63, 3.8) is 0 Å². The molecule has 1 saturated heterocycles. The summed E-state index contributed by atoms with van der Waals surface area (Å²) in [4.78, 5) is 13.7. The maximum absolute atomic E-state index is 13.8. The van der Waals surface area contributed by atoms with E-state index in [9.17, 15) is 9.18 Å². The Morgan fingerprint density at radius 3 is 3.00 bits per heavy atom. The zero-order chi connectivity index (χ0) is 13.8. The van der Waals surface area contributed by atoms with E-state index in [2.05, 4.69) is 4.90 Å². The summed E-state index contributed by atoms with van der Waals surface area (Å²) in [5.74, 6) is -0.671. The van der Waals surface area contributed by atoms with Crippen LogP contribution in [-0.2, 0) is 4.74 Å². The first-order valence-corrected chi connectivity index (χ1v) is 6.79. The predicted molar refractivity (Wildman–Crippen MR) is 73.3 cm³/mol. The van der Waals surface area contributed by atoms with Crippen molar-refractivity contribution in [3.8, 4) is 0 Å². The highest BCUT2D eigenvalue weighted by molar-refractivity contribution is 6.00. The van der Waals surface area contributed by atoms with Gasteiger partial charge in [0.2, 0.25) is 0 Å². The van der Waals surface area contributed by atoms with Crippen LogP contribution < -0.4 is 4.90 Å². The molecule has 0 radical (unpaired) electrons. The molecule has 1 aliphatic rings. The number of halogens is 1. The first kappa shape index (κ1) is 14.0. The van der Waals surface area contributed by atoms with Gasteiger partial charge in [-0.2, -0.15) is 0 Å². The van der Waals surface area contributed by atoms with Gasteiger partial charge in [0.15, 0.2) is 5.78 Å². The zero-order valence-electron chi connectivity index (χ0n) is 11.5. The van der Waals surface area contributed by atoms with Crippen LogP contribution in [0.2, 0.25) is 0 Å². The van der Waals surface area contributed by atoms with Crippen LogP contribution in [0.5, 0.6) is 0 Å². The summed E-state index contributed by atoms with van der Waals surface area (Å²) >= 11 is 0. The number of ether oxygens (including phenoxy) is 1. The number of piperidine rings is 1. The minimum atomic E-state index is -0.441. The van der Waals surface area contributed by atoms with Crippen molar-refractivity contribution in [1.29, 1.82) is 0 Å². The Morgan fingerprint density at radius 1 is 1.53 bits per heavy atom. The van der Waals surface area contributed by atoms with Gasteiger partial charge in [-0.15, -0.1) is 0 Å². The summed E-state index contributed by atoms with van der Waals surface area (Å²) < 4.78 is 19.5. The highest BCUT2D eigenvalue weighted by Crippen LogP contribution is 2.27. The van der Waals surface area contributed by atoms with Crippen LogP contribution in [0, 0.1) is 5.82 Å². The molecular formula is C15H20FNO2. The first-order chi connectivity index (χ1) is 9.13. The Kier molecular flexibility index (Phi) is 4.53. The lowest BCUT2D eigenvalue weighted by molar-refractivity contribution is 0.0526. The number of carbonyl (C=O) groups is 1. The standard InChI is InChI=1S/C15H20FNO2/c1-3-19-12-6-5-9-17(10-12)14-8-4-7-13(16)15(14)11(2)18/h4,7-8,12H,3,5-6,9-10H2,1-2H3. The molecule has 0 aliphatic carbocycles. The Morgan fingerprint density at radius 2 is 2.32 bits per heavy atom. The molecule has 1 heterocycles. The number of hydrogen-bond donors (Lipinski definition) is 0. The average molecular weight is 265 g/mol. The molecule has 0 N–H and O–H groups in total. The maximum Gasteiger partial charge on any atom is 0.164 e. The summed E-state index contributed by atoms with van der Waals surface area (Å²) in [6.45, 7) is 5.63. The lowest BCUT2D eigenvalue weighted by atomic mass is 10.0. The van der Waals surface area contributed by atoms with Crippen LogP contribution in [0.25, 0.3) is 0 Å². The monoisotopic (exact) mass is 265 g/mol. The molecule has 1 fully saturated rings. The topological polar surface area (TPSA) is 29.5 Å². The normalized spacial score (nSPS) is 19.5. The van der Waals surface area contributed by atoms with E-state index >= 15 is 0 Å².